The van der Waals surface area contributed by atoms with Crippen LogP contribution in [0.2, 0.25) is 5.02 Å². The van der Waals surface area contributed by atoms with Gasteiger partial charge >= 0.3 is 0 Å². The van der Waals surface area contributed by atoms with Gasteiger partial charge in [0.15, 0.2) is 0 Å². The van der Waals surface area contributed by atoms with E-state index in [1.54, 1.807) is 24.3 Å². The standard InChI is InChI=1S/C15H11BrClN3O/c16-11-3-1-2-10(6-11)15(21)18-8-13-9-20-5-4-12(17)7-14(20)19-13/h1-7,9H,8H2,(H,18,21). The molecule has 2 heterocycles. The van der Waals surface area contributed by atoms with E-state index in [4.69, 9.17) is 11.6 Å². The van der Waals surface area contributed by atoms with Crippen LogP contribution in [0.15, 0.2) is 53.3 Å². The summed E-state index contributed by atoms with van der Waals surface area (Å²) in [7, 11) is 0. The number of amides is 1. The number of fused-ring (bicyclic) bond motifs is 1. The summed E-state index contributed by atoms with van der Waals surface area (Å²) < 4.78 is 2.74. The number of carbonyl (C=O) groups is 1. The van der Waals surface area contributed by atoms with Gasteiger partial charge in [-0.25, -0.2) is 4.98 Å². The number of halogens is 2. The average Bonchev–Trinajstić information content (AvgIpc) is 2.86. The van der Waals surface area contributed by atoms with Crippen molar-refractivity contribution < 1.29 is 4.79 Å². The number of hydrogen-bond acceptors (Lipinski definition) is 2. The van der Waals surface area contributed by atoms with Crippen LogP contribution in [0.3, 0.4) is 0 Å². The molecular formula is C15H11BrClN3O. The van der Waals surface area contributed by atoms with Crippen molar-refractivity contribution in [3.8, 4) is 0 Å². The first kappa shape index (κ1) is 14.1. The maximum absolute atomic E-state index is 12.1. The highest BCUT2D eigenvalue weighted by molar-refractivity contribution is 9.10. The van der Waals surface area contributed by atoms with E-state index in [2.05, 4.69) is 26.2 Å². The molecular weight excluding hydrogens is 354 g/mol. The van der Waals surface area contributed by atoms with Crippen LogP contribution in [0.1, 0.15) is 16.1 Å². The molecule has 3 rings (SSSR count). The molecule has 0 aliphatic rings. The summed E-state index contributed by atoms with van der Waals surface area (Å²) in [5, 5.41) is 3.49. The Bertz CT molecular complexity index is 816. The average molecular weight is 365 g/mol. The number of imidazole rings is 1. The second-order valence-electron chi connectivity index (χ2n) is 4.54. The van der Waals surface area contributed by atoms with Gasteiger partial charge in [-0.3, -0.25) is 4.79 Å². The largest absolute Gasteiger partial charge is 0.346 e. The second kappa shape index (κ2) is 5.87. The van der Waals surface area contributed by atoms with Crippen molar-refractivity contribution in [3.63, 3.8) is 0 Å². The zero-order valence-corrected chi connectivity index (χ0v) is 13.2. The van der Waals surface area contributed by atoms with E-state index in [9.17, 15) is 4.79 Å². The summed E-state index contributed by atoms with van der Waals surface area (Å²) in [4.78, 5) is 16.5. The zero-order valence-electron chi connectivity index (χ0n) is 10.9. The molecule has 0 bridgehead atoms. The van der Waals surface area contributed by atoms with Crippen molar-refractivity contribution in [2.24, 2.45) is 0 Å². The number of aromatic nitrogens is 2. The van der Waals surface area contributed by atoms with Crippen LogP contribution in [0.25, 0.3) is 5.65 Å². The van der Waals surface area contributed by atoms with E-state index in [1.165, 1.54) is 0 Å². The molecule has 1 N–H and O–H groups in total. The van der Waals surface area contributed by atoms with E-state index in [-0.39, 0.29) is 5.91 Å². The maximum atomic E-state index is 12.1. The van der Waals surface area contributed by atoms with Gasteiger partial charge < -0.3 is 9.72 Å². The van der Waals surface area contributed by atoms with Gasteiger partial charge in [0.05, 0.1) is 12.2 Å². The van der Waals surface area contributed by atoms with Gasteiger partial charge in [0.2, 0.25) is 0 Å². The summed E-state index contributed by atoms with van der Waals surface area (Å²) >= 11 is 9.27. The van der Waals surface area contributed by atoms with E-state index in [0.29, 0.717) is 17.1 Å². The third-order valence-corrected chi connectivity index (χ3v) is 3.72. The van der Waals surface area contributed by atoms with Gasteiger partial charge in [0, 0.05) is 27.5 Å². The predicted octanol–water partition coefficient (Wildman–Crippen LogP) is 3.68. The normalized spacial score (nSPS) is 10.8. The molecule has 1 amide bonds. The predicted molar refractivity (Wildman–Crippen MR) is 85.5 cm³/mol. The fourth-order valence-electron chi connectivity index (χ4n) is 2.00. The quantitative estimate of drug-likeness (QED) is 0.770. The van der Waals surface area contributed by atoms with Crippen molar-refractivity contribution in [1.82, 2.24) is 14.7 Å². The first-order valence-electron chi connectivity index (χ1n) is 6.29. The van der Waals surface area contributed by atoms with E-state index in [0.717, 1.165) is 15.8 Å². The molecule has 4 nitrogen and oxygen atoms in total. The van der Waals surface area contributed by atoms with Gasteiger partial charge in [0.25, 0.3) is 5.91 Å². The molecule has 21 heavy (non-hydrogen) atoms. The smallest absolute Gasteiger partial charge is 0.251 e. The molecule has 0 aliphatic heterocycles. The molecule has 1 aromatic carbocycles. The molecule has 0 saturated heterocycles. The summed E-state index contributed by atoms with van der Waals surface area (Å²) in [5.41, 5.74) is 2.14. The maximum Gasteiger partial charge on any atom is 0.251 e. The summed E-state index contributed by atoms with van der Waals surface area (Å²) in [6.07, 6.45) is 3.71. The Balaban J connectivity index is 1.72. The van der Waals surface area contributed by atoms with Crippen molar-refractivity contribution >= 4 is 39.1 Å². The number of nitrogens with zero attached hydrogens (tertiary/aromatic N) is 2. The van der Waals surface area contributed by atoms with Crippen LogP contribution in [-0.2, 0) is 6.54 Å². The third-order valence-electron chi connectivity index (χ3n) is 2.99. The minimum atomic E-state index is -0.133. The third kappa shape index (κ3) is 3.25. The van der Waals surface area contributed by atoms with Crippen molar-refractivity contribution in [1.29, 1.82) is 0 Å². The van der Waals surface area contributed by atoms with Crippen LogP contribution >= 0.6 is 27.5 Å². The minimum Gasteiger partial charge on any atom is -0.346 e. The van der Waals surface area contributed by atoms with E-state index < -0.39 is 0 Å². The Hall–Kier alpha value is -1.85. The molecule has 2 aromatic heterocycles. The molecule has 0 saturated carbocycles. The summed E-state index contributed by atoms with van der Waals surface area (Å²) in [6.45, 7) is 0.366. The highest BCUT2D eigenvalue weighted by atomic mass is 79.9. The lowest BCUT2D eigenvalue weighted by Crippen LogP contribution is -2.22. The Kier molecular flexibility index (Phi) is 3.94. The minimum absolute atomic E-state index is 0.133. The highest BCUT2D eigenvalue weighted by Crippen LogP contribution is 2.13. The van der Waals surface area contributed by atoms with Crippen molar-refractivity contribution in [2.45, 2.75) is 6.54 Å². The Morgan fingerprint density at radius 3 is 3.00 bits per heavy atom. The molecule has 6 heteroatoms. The van der Waals surface area contributed by atoms with Crippen LogP contribution in [0.4, 0.5) is 0 Å². The van der Waals surface area contributed by atoms with Crippen LogP contribution in [-0.4, -0.2) is 15.3 Å². The van der Waals surface area contributed by atoms with Gasteiger partial charge in [0.1, 0.15) is 5.65 Å². The first-order valence-corrected chi connectivity index (χ1v) is 7.46. The Morgan fingerprint density at radius 2 is 2.19 bits per heavy atom. The molecule has 106 valence electrons. The van der Waals surface area contributed by atoms with Gasteiger partial charge in [-0.05, 0) is 30.3 Å². The number of nitrogens with one attached hydrogen (secondary N) is 1. The van der Waals surface area contributed by atoms with E-state index in [1.807, 2.05) is 28.9 Å². The zero-order chi connectivity index (χ0) is 14.8. The Morgan fingerprint density at radius 1 is 1.33 bits per heavy atom. The van der Waals surface area contributed by atoms with Gasteiger partial charge in [-0.1, -0.05) is 33.6 Å². The van der Waals surface area contributed by atoms with Gasteiger partial charge in [-0.2, -0.15) is 0 Å². The topological polar surface area (TPSA) is 46.4 Å². The second-order valence-corrected chi connectivity index (χ2v) is 5.89. The Labute approximate surface area is 134 Å². The molecule has 3 aromatic rings. The molecule has 0 aliphatic carbocycles. The molecule has 0 spiro atoms. The number of pyridine rings is 1. The highest BCUT2D eigenvalue weighted by Gasteiger charge is 2.07. The summed E-state index contributed by atoms with van der Waals surface area (Å²) in [5.74, 6) is -0.133. The molecule has 0 radical (unpaired) electrons. The lowest BCUT2D eigenvalue weighted by atomic mass is 10.2. The van der Waals surface area contributed by atoms with Crippen LogP contribution in [0, 0.1) is 0 Å². The molecule has 0 atom stereocenters. The molecule has 0 fully saturated rings. The molecule has 0 unspecified atom stereocenters. The number of hydrogen-bond donors (Lipinski definition) is 1. The fourth-order valence-corrected chi connectivity index (χ4v) is 2.55. The SMILES string of the molecule is O=C(NCc1cn2ccc(Cl)cc2n1)c1cccc(Br)c1. The van der Waals surface area contributed by atoms with Gasteiger partial charge in [-0.15, -0.1) is 0 Å². The lowest BCUT2D eigenvalue weighted by Gasteiger charge is -2.03. The van der Waals surface area contributed by atoms with Crippen LogP contribution < -0.4 is 5.32 Å². The monoisotopic (exact) mass is 363 g/mol. The van der Waals surface area contributed by atoms with Crippen molar-refractivity contribution in [3.05, 3.63) is 69.5 Å². The number of rotatable bonds is 3. The lowest BCUT2D eigenvalue weighted by molar-refractivity contribution is 0.0950. The summed E-state index contributed by atoms with van der Waals surface area (Å²) in [6, 6.07) is 10.8. The fraction of sp³-hybridized carbons (Fsp3) is 0.0667. The van der Waals surface area contributed by atoms with Crippen LogP contribution in [0.5, 0.6) is 0 Å². The number of benzene rings is 1. The van der Waals surface area contributed by atoms with Crippen molar-refractivity contribution in [2.75, 3.05) is 0 Å². The first-order chi connectivity index (χ1) is 10.1. The van der Waals surface area contributed by atoms with E-state index >= 15 is 0 Å². The number of carbonyl (C=O) groups excluding carboxylic acids is 1.